The minimum atomic E-state index is -1.11. The molecule has 1 heterocycles. The van der Waals surface area contributed by atoms with Crippen molar-refractivity contribution in [1.82, 2.24) is 0 Å². The zero-order valence-electron chi connectivity index (χ0n) is 16.6. The van der Waals surface area contributed by atoms with Crippen LogP contribution in [0.5, 0.6) is 0 Å². The maximum Gasteiger partial charge on any atom is 0.303 e. The summed E-state index contributed by atoms with van der Waals surface area (Å²) in [5.74, 6) is -0.517. The number of hydrogen-bond donors (Lipinski definition) is 1. The number of fused-ring (bicyclic) bond motifs is 3. The van der Waals surface area contributed by atoms with Gasteiger partial charge in [0.25, 0.3) is 0 Å². The quantitative estimate of drug-likeness (QED) is 0.602. The van der Waals surface area contributed by atoms with Crippen molar-refractivity contribution < 1.29 is 24.2 Å². The average molecular weight is 364 g/mol. The van der Waals surface area contributed by atoms with Crippen LogP contribution in [-0.4, -0.2) is 40.3 Å². The maximum atomic E-state index is 13.3. The highest BCUT2D eigenvalue weighted by Crippen LogP contribution is 2.62. The summed E-state index contributed by atoms with van der Waals surface area (Å²) in [7, 11) is 0. The summed E-state index contributed by atoms with van der Waals surface area (Å²) in [5.41, 5.74) is -2.31. The van der Waals surface area contributed by atoms with E-state index >= 15 is 0 Å². The van der Waals surface area contributed by atoms with E-state index < -0.39 is 35.3 Å². The highest BCUT2D eigenvalue weighted by molar-refractivity contribution is 5.85. The molecule has 0 bridgehead atoms. The zero-order valence-corrected chi connectivity index (χ0v) is 16.6. The first kappa shape index (κ1) is 19.6. The van der Waals surface area contributed by atoms with Gasteiger partial charge in [-0.25, -0.2) is 0 Å². The summed E-state index contributed by atoms with van der Waals surface area (Å²) in [6.45, 7) is 13.1. The Labute approximate surface area is 156 Å². The molecule has 0 aromatic carbocycles. The Morgan fingerprint density at radius 3 is 2.62 bits per heavy atom. The monoisotopic (exact) mass is 364 g/mol. The van der Waals surface area contributed by atoms with E-state index in [4.69, 9.17) is 9.47 Å². The molecule has 1 saturated heterocycles. The molecule has 3 aliphatic rings. The molecule has 5 heteroatoms. The third-order valence-corrected chi connectivity index (χ3v) is 7.27. The van der Waals surface area contributed by atoms with Crippen molar-refractivity contribution in [3.8, 4) is 0 Å². The summed E-state index contributed by atoms with van der Waals surface area (Å²) in [5, 5.41) is 11.3. The van der Waals surface area contributed by atoms with Gasteiger partial charge in [0.05, 0.1) is 11.5 Å². The molecule has 0 spiro atoms. The number of esters is 1. The lowest BCUT2D eigenvalue weighted by Crippen LogP contribution is -2.74. The van der Waals surface area contributed by atoms with E-state index in [-0.39, 0.29) is 29.5 Å². The first-order valence-corrected chi connectivity index (χ1v) is 9.70. The number of aliphatic hydroxyl groups is 1. The van der Waals surface area contributed by atoms with Crippen molar-refractivity contribution in [3.05, 3.63) is 12.7 Å². The molecule has 0 amide bonds. The lowest BCUT2D eigenvalue weighted by atomic mass is 9.45. The minimum absolute atomic E-state index is 0.0612. The molecule has 2 saturated carbocycles. The fourth-order valence-corrected chi connectivity index (χ4v) is 6.42. The van der Waals surface area contributed by atoms with Crippen LogP contribution in [0.4, 0.5) is 0 Å². The van der Waals surface area contributed by atoms with Gasteiger partial charge in [-0.1, -0.05) is 32.8 Å². The number of carbonyl (C=O) groups excluding carboxylic acids is 2. The molecule has 0 unspecified atom stereocenters. The number of aliphatic hydroxyl groups excluding tert-OH is 1. The van der Waals surface area contributed by atoms with Crippen molar-refractivity contribution in [1.29, 1.82) is 0 Å². The number of ether oxygens (including phenoxy) is 2. The normalized spacial score (nSPS) is 51.2. The van der Waals surface area contributed by atoms with Crippen molar-refractivity contribution in [2.45, 2.75) is 83.7 Å². The van der Waals surface area contributed by atoms with Gasteiger partial charge in [0, 0.05) is 19.3 Å². The van der Waals surface area contributed by atoms with Crippen molar-refractivity contribution >= 4 is 11.8 Å². The summed E-state index contributed by atoms with van der Waals surface area (Å²) in [4.78, 5) is 25.1. The highest BCUT2D eigenvalue weighted by Gasteiger charge is 2.69. The van der Waals surface area contributed by atoms with E-state index in [1.54, 1.807) is 13.0 Å². The first-order chi connectivity index (χ1) is 12.0. The van der Waals surface area contributed by atoms with E-state index in [0.29, 0.717) is 0 Å². The molecular weight excluding hydrogens is 332 g/mol. The van der Waals surface area contributed by atoms with Crippen LogP contribution < -0.4 is 0 Å². The van der Waals surface area contributed by atoms with Crippen LogP contribution in [0.15, 0.2) is 12.7 Å². The van der Waals surface area contributed by atoms with Crippen LogP contribution in [0, 0.1) is 23.2 Å². The molecule has 0 radical (unpaired) electrons. The Hall–Kier alpha value is -1.20. The summed E-state index contributed by atoms with van der Waals surface area (Å²) < 4.78 is 12.0. The van der Waals surface area contributed by atoms with Gasteiger partial charge in [-0.3, -0.25) is 9.59 Å². The number of Topliss-reactive ketones (excluding diaryl/α,β-unsaturated/α-hetero) is 1. The van der Waals surface area contributed by atoms with Crippen LogP contribution in [0.1, 0.15) is 60.3 Å². The number of carbonyl (C=O) groups is 2. The Balaban J connectivity index is 2.15. The predicted octanol–water partition coefficient (Wildman–Crippen LogP) is 3.04. The van der Waals surface area contributed by atoms with Crippen molar-refractivity contribution in [3.63, 3.8) is 0 Å². The Bertz CT molecular complexity index is 630. The van der Waals surface area contributed by atoms with Crippen molar-refractivity contribution in [2.75, 3.05) is 0 Å². The summed E-state index contributed by atoms with van der Waals surface area (Å²) in [6, 6.07) is 0. The summed E-state index contributed by atoms with van der Waals surface area (Å²) in [6.07, 6.45) is 3.07. The van der Waals surface area contributed by atoms with E-state index in [2.05, 4.69) is 20.4 Å². The lowest BCUT2D eigenvalue weighted by molar-refractivity contribution is -0.299. The zero-order chi connectivity index (χ0) is 19.5. The van der Waals surface area contributed by atoms with Crippen LogP contribution in [0.25, 0.3) is 0 Å². The third-order valence-electron chi connectivity index (χ3n) is 7.27. The Morgan fingerprint density at radius 1 is 1.38 bits per heavy atom. The summed E-state index contributed by atoms with van der Waals surface area (Å²) >= 11 is 0. The molecule has 8 atom stereocenters. The molecule has 3 fully saturated rings. The molecule has 5 nitrogen and oxygen atoms in total. The number of hydrogen-bond acceptors (Lipinski definition) is 5. The Morgan fingerprint density at radius 2 is 2.04 bits per heavy atom. The van der Waals surface area contributed by atoms with Gasteiger partial charge in [0.2, 0.25) is 0 Å². The van der Waals surface area contributed by atoms with Gasteiger partial charge in [0.15, 0.2) is 0 Å². The van der Waals surface area contributed by atoms with Crippen LogP contribution in [0.2, 0.25) is 0 Å². The van der Waals surface area contributed by atoms with Gasteiger partial charge in [-0.15, -0.1) is 6.58 Å². The fraction of sp³-hybridized carbons (Fsp3) is 0.810. The largest absolute Gasteiger partial charge is 0.459 e. The predicted molar refractivity (Wildman–Crippen MR) is 97.4 cm³/mol. The van der Waals surface area contributed by atoms with Crippen LogP contribution >= 0.6 is 0 Å². The second-order valence-electron chi connectivity index (χ2n) is 9.30. The molecule has 26 heavy (non-hydrogen) atoms. The van der Waals surface area contributed by atoms with Gasteiger partial charge in [0.1, 0.15) is 23.6 Å². The second-order valence-corrected chi connectivity index (χ2v) is 9.30. The fourth-order valence-electron chi connectivity index (χ4n) is 6.42. The Kier molecular flexibility index (Phi) is 4.64. The molecule has 2 aliphatic carbocycles. The van der Waals surface area contributed by atoms with Crippen LogP contribution in [-0.2, 0) is 19.1 Å². The van der Waals surface area contributed by atoms with E-state index in [1.807, 2.05) is 6.92 Å². The standard InChI is InChI=1S/C21H32O5/c1-7-19(4)11-14(23)17-20(5)10-8-9-12(2)15(20)16(25-13(3)22)18(24)21(17,6)26-19/h7,12,15-18,24H,1,8-11H2,2-6H3/t12-,15+,16-,17+,18-,19-,20-,21-/m0/s1. The van der Waals surface area contributed by atoms with Gasteiger partial charge in [-0.2, -0.15) is 0 Å². The van der Waals surface area contributed by atoms with Gasteiger partial charge >= 0.3 is 5.97 Å². The molecule has 0 aromatic rings. The SMILES string of the molecule is C=C[C@@]1(C)CC(=O)[C@@H]2[C@@]3(C)CCC[C@H](C)[C@@H]3[C@H](OC(C)=O)[C@H](O)[C@@]2(C)O1. The highest BCUT2D eigenvalue weighted by atomic mass is 16.6. The van der Waals surface area contributed by atoms with Gasteiger partial charge in [-0.05, 0) is 31.6 Å². The molecule has 1 aliphatic heterocycles. The minimum Gasteiger partial charge on any atom is -0.459 e. The smallest absolute Gasteiger partial charge is 0.303 e. The number of ketones is 1. The molecular formula is C21H32O5. The first-order valence-electron chi connectivity index (χ1n) is 9.70. The molecule has 146 valence electrons. The molecule has 3 rings (SSSR count). The lowest BCUT2D eigenvalue weighted by Gasteiger charge is -2.65. The van der Waals surface area contributed by atoms with Crippen molar-refractivity contribution in [2.24, 2.45) is 23.2 Å². The topological polar surface area (TPSA) is 72.8 Å². The molecule has 1 N–H and O–H groups in total. The average Bonchev–Trinajstić information content (AvgIpc) is 2.50. The number of rotatable bonds is 2. The molecule has 0 aromatic heterocycles. The van der Waals surface area contributed by atoms with E-state index in [0.717, 1.165) is 19.3 Å². The third kappa shape index (κ3) is 2.66. The maximum absolute atomic E-state index is 13.3. The van der Waals surface area contributed by atoms with E-state index in [9.17, 15) is 14.7 Å². The second kappa shape index (κ2) is 6.16. The van der Waals surface area contributed by atoms with Gasteiger partial charge < -0.3 is 14.6 Å². The van der Waals surface area contributed by atoms with Crippen LogP contribution in [0.3, 0.4) is 0 Å². The van der Waals surface area contributed by atoms with E-state index in [1.165, 1.54) is 6.92 Å².